The third-order valence-corrected chi connectivity index (χ3v) is 7.80. The molecular formula is C34H31BO. The Kier molecular flexibility index (Phi) is 5.30. The maximum absolute atomic E-state index is 6.42. The predicted molar refractivity (Wildman–Crippen MR) is 155 cm³/mol. The van der Waals surface area contributed by atoms with Crippen LogP contribution in [0.1, 0.15) is 33.4 Å². The Morgan fingerprint density at radius 3 is 1.69 bits per heavy atom. The minimum atomic E-state index is 0.132. The molecule has 1 aliphatic rings. The van der Waals surface area contributed by atoms with Gasteiger partial charge in [-0.2, -0.15) is 0 Å². The highest BCUT2D eigenvalue weighted by Gasteiger charge is 2.31. The van der Waals surface area contributed by atoms with Gasteiger partial charge in [-0.25, -0.2) is 0 Å². The van der Waals surface area contributed by atoms with Crippen LogP contribution in [0.3, 0.4) is 0 Å². The van der Waals surface area contributed by atoms with Gasteiger partial charge in [-0.15, -0.1) is 0 Å². The fourth-order valence-corrected chi connectivity index (χ4v) is 6.60. The Morgan fingerprint density at radius 1 is 0.528 bits per heavy atom. The molecule has 0 aliphatic carbocycles. The van der Waals surface area contributed by atoms with Crippen molar-refractivity contribution in [3.05, 3.63) is 112 Å². The van der Waals surface area contributed by atoms with Crippen LogP contribution in [0, 0.1) is 41.5 Å². The average Bonchev–Trinajstić information content (AvgIpc) is 2.82. The van der Waals surface area contributed by atoms with Crippen LogP contribution in [0.4, 0.5) is 0 Å². The molecule has 1 aliphatic heterocycles. The maximum atomic E-state index is 6.42. The lowest BCUT2D eigenvalue weighted by molar-refractivity contribution is 0.487. The largest absolute Gasteiger partial charge is 0.456 e. The molecule has 0 saturated heterocycles. The summed E-state index contributed by atoms with van der Waals surface area (Å²) in [4.78, 5) is 0. The number of ether oxygens (including phenoxy) is 1. The SMILES string of the molecule is Cc1cc(C)c(B(c2c(C)cc(C)cc2C)c2ccc3c4c(cccc24)Oc2ccccc2-3)c(C)c1. The van der Waals surface area contributed by atoms with Crippen LogP contribution in [0.2, 0.25) is 0 Å². The summed E-state index contributed by atoms with van der Waals surface area (Å²) in [6.45, 7) is 13.6. The van der Waals surface area contributed by atoms with Gasteiger partial charge in [0.1, 0.15) is 11.5 Å². The first-order valence-electron chi connectivity index (χ1n) is 12.8. The van der Waals surface area contributed by atoms with E-state index in [1.54, 1.807) is 0 Å². The Balaban J connectivity index is 1.72. The number of rotatable bonds is 3. The number of hydrogen-bond acceptors (Lipinski definition) is 1. The molecule has 1 heterocycles. The molecule has 0 bridgehead atoms. The molecule has 0 unspecified atom stereocenters. The first-order chi connectivity index (χ1) is 17.3. The second-order valence-corrected chi connectivity index (χ2v) is 10.5. The first kappa shape index (κ1) is 22.7. The van der Waals surface area contributed by atoms with Gasteiger partial charge >= 0.3 is 0 Å². The van der Waals surface area contributed by atoms with Crippen LogP contribution in [0.25, 0.3) is 21.9 Å². The molecule has 1 nitrogen and oxygen atoms in total. The summed E-state index contributed by atoms with van der Waals surface area (Å²) in [5, 5.41) is 2.48. The topological polar surface area (TPSA) is 9.23 Å². The van der Waals surface area contributed by atoms with Gasteiger partial charge in [-0.05, 0) is 64.6 Å². The lowest BCUT2D eigenvalue weighted by atomic mass is 9.33. The Labute approximate surface area is 214 Å². The van der Waals surface area contributed by atoms with Crippen LogP contribution >= 0.6 is 0 Å². The smallest absolute Gasteiger partial charge is 0.243 e. The highest BCUT2D eigenvalue weighted by molar-refractivity contribution is 6.98. The molecule has 6 rings (SSSR count). The van der Waals surface area contributed by atoms with E-state index in [4.69, 9.17) is 4.74 Å². The van der Waals surface area contributed by atoms with E-state index in [0.29, 0.717) is 0 Å². The molecule has 0 fully saturated rings. The average molecular weight is 466 g/mol. The highest BCUT2D eigenvalue weighted by Crippen LogP contribution is 2.45. The predicted octanol–water partition coefficient (Wildman–Crippen LogP) is 6.98. The molecule has 0 spiro atoms. The second kappa shape index (κ2) is 8.41. The number of hydrogen-bond donors (Lipinski definition) is 0. The molecule has 0 aromatic heterocycles. The maximum Gasteiger partial charge on any atom is 0.243 e. The van der Waals surface area contributed by atoms with Gasteiger partial charge in [0.05, 0.1) is 0 Å². The fraction of sp³-hybridized carbons (Fsp3) is 0.176. The quantitative estimate of drug-likeness (QED) is 0.256. The number of aryl methyl sites for hydroxylation is 6. The van der Waals surface area contributed by atoms with Crippen LogP contribution in [-0.4, -0.2) is 6.71 Å². The molecule has 0 saturated carbocycles. The molecular weight excluding hydrogens is 435 g/mol. The van der Waals surface area contributed by atoms with E-state index < -0.39 is 0 Å². The summed E-state index contributed by atoms with van der Waals surface area (Å²) in [5.74, 6) is 1.87. The number of para-hydroxylation sites is 1. The molecule has 0 atom stereocenters. The minimum Gasteiger partial charge on any atom is -0.456 e. The van der Waals surface area contributed by atoms with E-state index in [0.717, 1.165) is 17.1 Å². The normalized spacial score (nSPS) is 11.8. The van der Waals surface area contributed by atoms with Crippen molar-refractivity contribution in [2.75, 3.05) is 0 Å². The molecule has 0 radical (unpaired) electrons. The summed E-state index contributed by atoms with van der Waals surface area (Å²) in [5.41, 5.74) is 14.6. The van der Waals surface area contributed by atoms with E-state index in [9.17, 15) is 0 Å². The van der Waals surface area contributed by atoms with Crippen LogP contribution in [0.5, 0.6) is 11.5 Å². The minimum absolute atomic E-state index is 0.132. The van der Waals surface area contributed by atoms with Gasteiger partial charge in [-0.3, -0.25) is 0 Å². The van der Waals surface area contributed by atoms with Crippen molar-refractivity contribution in [3.8, 4) is 22.6 Å². The van der Waals surface area contributed by atoms with E-state index in [1.807, 2.05) is 6.07 Å². The van der Waals surface area contributed by atoms with Crippen molar-refractivity contribution in [3.63, 3.8) is 0 Å². The Bertz CT molecular complexity index is 1570. The van der Waals surface area contributed by atoms with Gasteiger partial charge in [0.25, 0.3) is 0 Å². The van der Waals surface area contributed by atoms with Crippen molar-refractivity contribution >= 4 is 33.9 Å². The molecule has 2 heteroatoms. The third-order valence-electron chi connectivity index (χ3n) is 7.80. The van der Waals surface area contributed by atoms with Crippen LogP contribution < -0.4 is 21.1 Å². The molecule has 5 aromatic carbocycles. The van der Waals surface area contributed by atoms with E-state index in [-0.39, 0.29) is 6.71 Å². The third kappa shape index (κ3) is 3.47. The van der Waals surface area contributed by atoms with Crippen LogP contribution in [0.15, 0.2) is 78.9 Å². The standard InChI is InChI=1S/C34H31BO/c1-20-16-22(3)33(23(4)17-20)35(34-24(5)18-21(2)19-25(34)6)29-15-14-27-26-10-7-8-12-30(26)36-31-13-9-11-28(29)32(27)31/h7-19H,1-6H3. The summed E-state index contributed by atoms with van der Waals surface area (Å²) in [7, 11) is 0. The molecule has 5 aromatic rings. The van der Waals surface area contributed by atoms with Gasteiger partial charge in [0, 0.05) is 10.9 Å². The Morgan fingerprint density at radius 2 is 1.08 bits per heavy atom. The zero-order chi connectivity index (χ0) is 25.1. The van der Waals surface area contributed by atoms with Crippen LogP contribution in [-0.2, 0) is 0 Å². The van der Waals surface area contributed by atoms with Crippen molar-refractivity contribution < 1.29 is 4.74 Å². The van der Waals surface area contributed by atoms with E-state index >= 15 is 0 Å². The zero-order valence-electron chi connectivity index (χ0n) is 22.0. The number of benzene rings is 5. The van der Waals surface area contributed by atoms with E-state index in [2.05, 4.69) is 114 Å². The van der Waals surface area contributed by atoms with Gasteiger partial charge < -0.3 is 4.74 Å². The lowest BCUT2D eigenvalue weighted by Crippen LogP contribution is -2.56. The molecule has 0 N–H and O–H groups in total. The first-order valence-corrected chi connectivity index (χ1v) is 12.8. The Hall–Kier alpha value is -3.78. The summed E-state index contributed by atoms with van der Waals surface area (Å²) in [6, 6.07) is 28.9. The van der Waals surface area contributed by atoms with Gasteiger partial charge in [0.15, 0.2) is 0 Å². The van der Waals surface area contributed by atoms with Crippen molar-refractivity contribution in [1.29, 1.82) is 0 Å². The van der Waals surface area contributed by atoms with Gasteiger partial charge in [-0.1, -0.05) is 116 Å². The summed E-state index contributed by atoms with van der Waals surface area (Å²) < 4.78 is 6.42. The second-order valence-electron chi connectivity index (χ2n) is 10.5. The van der Waals surface area contributed by atoms with Crippen molar-refractivity contribution in [2.45, 2.75) is 41.5 Å². The van der Waals surface area contributed by atoms with Crippen molar-refractivity contribution in [1.82, 2.24) is 0 Å². The van der Waals surface area contributed by atoms with E-state index in [1.165, 1.54) is 66.1 Å². The number of fused-ring (bicyclic) bond motifs is 2. The zero-order valence-corrected chi connectivity index (χ0v) is 22.0. The molecule has 0 amide bonds. The molecule has 176 valence electrons. The summed E-state index contributed by atoms with van der Waals surface area (Å²) >= 11 is 0. The lowest BCUT2D eigenvalue weighted by Gasteiger charge is -2.28. The summed E-state index contributed by atoms with van der Waals surface area (Å²) in [6.07, 6.45) is 0. The van der Waals surface area contributed by atoms with Gasteiger partial charge in [0.2, 0.25) is 6.71 Å². The highest BCUT2D eigenvalue weighted by atomic mass is 16.5. The fourth-order valence-electron chi connectivity index (χ4n) is 6.60. The monoisotopic (exact) mass is 466 g/mol. The van der Waals surface area contributed by atoms with Crippen molar-refractivity contribution in [2.24, 2.45) is 0 Å². The molecule has 36 heavy (non-hydrogen) atoms.